The van der Waals surface area contributed by atoms with Crippen molar-refractivity contribution in [3.8, 4) is 0 Å². The van der Waals surface area contributed by atoms with Crippen molar-refractivity contribution in [2.75, 3.05) is 13.1 Å². The summed E-state index contributed by atoms with van der Waals surface area (Å²) in [6.07, 6.45) is 3.38. The summed E-state index contributed by atoms with van der Waals surface area (Å²) in [5.41, 5.74) is 0.637. The van der Waals surface area contributed by atoms with Crippen LogP contribution in [-0.2, 0) is 6.42 Å². The van der Waals surface area contributed by atoms with E-state index in [0.29, 0.717) is 5.92 Å². The van der Waals surface area contributed by atoms with Crippen LogP contribution in [-0.4, -0.2) is 18.2 Å². The molecule has 1 saturated heterocycles. The second kappa shape index (κ2) is 3.79. The fourth-order valence-electron chi connectivity index (χ4n) is 1.83. The Labute approximate surface area is 76.3 Å². The molecule has 1 aliphatic rings. The fourth-order valence-corrected chi connectivity index (χ4v) is 1.83. The lowest BCUT2D eigenvalue weighted by Crippen LogP contribution is -2.30. The average molecular weight is 182 g/mol. The van der Waals surface area contributed by atoms with E-state index in [2.05, 4.69) is 15.0 Å². The van der Waals surface area contributed by atoms with Crippen LogP contribution in [0.2, 0.25) is 0 Å². The first kappa shape index (κ1) is 8.56. The Balaban J connectivity index is 1.93. The number of H-pyrrole nitrogens is 1. The van der Waals surface area contributed by atoms with Crippen molar-refractivity contribution < 1.29 is 4.52 Å². The van der Waals surface area contributed by atoms with Gasteiger partial charge in [-0.3, -0.25) is 0 Å². The van der Waals surface area contributed by atoms with Gasteiger partial charge in [0.05, 0.1) is 5.69 Å². The molecule has 13 heavy (non-hydrogen) atoms. The summed E-state index contributed by atoms with van der Waals surface area (Å²) in [7, 11) is 0. The summed E-state index contributed by atoms with van der Waals surface area (Å²) in [6, 6.07) is 1.54. The summed E-state index contributed by atoms with van der Waals surface area (Å²) >= 11 is 0. The average Bonchev–Trinajstić information content (AvgIpc) is 2.53. The highest BCUT2D eigenvalue weighted by Gasteiger charge is 2.14. The van der Waals surface area contributed by atoms with Gasteiger partial charge < -0.3 is 9.84 Å². The normalized spacial score (nSPS) is 23.2. The van der Waals surface area contributed by atoms with Gasteiger partial charge in [0.2, 0.25) is 0 Å². The van der Waals surface area contributed by atoms with Gasteiger partial charge in [0.15, 0.2) is 0 Å². The summed E-state index contributed by atoms with van der Waals surface area (Å²) in [4.78, 5) is 10.7. The quantitative estimate of drug-likeness (QED) is 0.700. The monoisotopic (exact) mass is 182 g/mol. The fraction of sp³-hybridized carbons (Fsp3) is 0.667. The maximum Gasteiger partial charge on any atom is 0.357 e. The molecule has 0 saturated carbocycles. The Morgan fingerprint density at radius 1 is 1.62 bits per heavy atom. The lowest BCUT2D eigenvalue weighted by atomic mass is 9.95. The molecule has 1 atom stereocenters. The van der Waals surface area contributed by atoms with Crippen molar-refractivity contribution in [3.05, 3.63) is 22.2 Å². The van der Waals surface area contributed by atoms with Crippen LogP contribution in [0, 0.1) is 5.92 Å². The minimum atomic E-state index is -0.279. The highest BCUT2D eigenvalue weighted by molar-refractivity contribution is 4.97. The van der Waals surface area contributed by atoms with Gasteiger partial charge >= 0.3 is 5.63 Å². The molecule has 0 amide bonds. The zero-order valence-corrected chi connectivity index (χ0v) is 7.51. The van der Waals surface area contributed by atoms with Crippen molar-refractivity contribution in [3.63, 3.8) is 0 Å². The van der Waals surface area contributed by atoms with Crippen molar-refractivity contribution >= 4 is 0 Å². The smallest absolute Gasteiger partial charge is 0.339 e. The van der Waals surface area contributed by atoms with Gasteiger partial charge in [-0.15, -0.1) is 0 Å². The van der Waals surface area contributed by atoms with E-state index in [0.717, 1.165) is 25.2 Å². The van der Waals surface area contributed by atoms with Crippen LogP contribution in [0.3, 0.4) is 0 Å². The van der Waals surface area contributed by atoms with Crippen LogP contribution in [0.15, 0.2) is 15.4 Å². The molecule has 1 unspecified atom stereocenters. The minimum absolute atomic E-state index is 0.279. The van der Waals surface area contributed by atoms with Gasteiger partial charge in [-0.05, 0) is 38.3 Å². The lowest BCUT2D eigenvalue weighted by Gasteiger charge is -2.21. The molecule has 4 heteroatoms. The molecule has 0 aliphatic carbocycles. The van der Waals surface area contributed by atoms with Gasteiger partial charge in [-0.2, -0.15) is 0 Å². The van der Waals surface area contributed by atoms with Crippen LogP contribution in [0.4, 0.5) is 0 Å². The largest absolute Gasteiger partial charge is 0.357 e. The Hall–Kier alpha value is -1.03. The molecule has 2 rings (SSSR count). The van der Waals surface area contributed by atoms with E-state index >= 15 is 0 Å². The Morgan fingerprint density at radius 2 is 2.54 bits per heavy atom. The number of aromatic nitrogens is 1. The van der Waals surface area contributed by atoms with E-state index in [1.54, 1.807) is 0 Å². The molecule has 72 valence electrons. The molecular weight excluding hydrogens is 168 g/mol. The molecule has 0 radical (unpaired) electrons. The highest BCUT2D eigenvalue weighted by atomic mass is 16.5. The van der Waals surface area contributed by atoms with E-state index in [4.69, 9.17) is 0 Å². The summed E-state index contributed by atoms with van der Waals surface area (Å²) in [6.45, 7) is 2.17. The van der Waals surface area contributed by atoms with Crippen LogP contribution < -0.4 is 10.9 Å². The van der Waals surface area contributed by atoms with Crippen LogP contribution in [0.25, 0.3) is 0 Å². The molecule has 2 heterocycles. The van der Waals surface area contributed by atoms with Crippen LogP contribution >= 0.6 is 0 Å². The van der Waals surface area contributed by atoms with Crippen molar-refractivity contribution in [1.29, 1.82) is 0 Å². The molecule has 1 aromatic heterocycles. The summed E-state index contributed by atoms with van der Waals surface area (Å²) < 4.78 is 4.61. The maximum absolute atomic E-state index is 10.7. The zero-order valence-electron chi connectivity index (χ0n) is 7.51. The maximum atomic E-state index is 10.7. The number of aromatic amines is 1. The minimum Gasteiger partial charge on any atom is -0.339 e. The highest BCUT2D eigenvalue weighted by Crippen LogP contribution is 2.14. The van der Waals surface area contributed by atoms with E-state index in [1.807, 2.05) is 0 Å². The van der Waals surface area contributed by atoms with Crippen LogP contribution in [0.1, 0.15) is 18.5 Å². The van der Waals surface area contributed by atoms with Crippen molar-refractivity contribution in [1.82, 2.24) is 10.5 Å². The Bertz CT molecular complexity index is 309. The van der Waals surface area contributed by atoms with Crippen molar-refractivity contribution in [2.24, 2.45) is 5.92 Å². The summed E-state index contributed by atoms with van der Waals surface area (Å²) in [5.74, 6) is 0.641. The first-order valence-corrected chi connectivity index (χ1v) is 4.73. The molecule has 2 N–H and O–H groups in total. The third-order valence-corrected chi connectivity index (χ3v) is 2.48. The Morgan fingerprint density at radius 3 is 3.15 bits per heavy atom. The molecule has 1 aliphatic heterocycles. The number of rotatable bonds is 2. The summed E-state index contributed by atoms with van der Waals surface area (Å²) in [5, 5.41) is 5.98. The van der Waals surface area contributed by atoms with Gasteiger partial charge in [0.25, 0.3) is 0 Å². The van der Waals surface area contributed by atoms with Gasteiger partial charge in [0, 0.05) is 6.07 Å². The van der Waals surface area contributed by atoms with Gasteiger partial charge in [-0.25, -0.2) is 9.95 Å². The van der Waals surface area contributed by atoms with Crippen LogP contribution in [0.5, 0.6) is 0 Å². The number of hydrogen-bond donors (Lipinski definition) is 2. The molecule has 4 nitrogen and oxygen atoms in total. The van der Waals surface area contributed by atoms with E-state index in [9.17, 15) is 4.79 Å². The lowest BCUT2D eigenvalue weighted by molar-refractivity contribution is 0.352. The zero-order chi connectivity index (χ0) is 9.10. The van der Waals surface area contributed by atoms with Gasteiger partial charge in [-0.1, -0.05) is 0 Å². The van der Waals surface area contributed by atoms with E-state index < -0.39 is 0 Å². The number of hydrogen-bond acceptors (Lipinski definition) is 3. The van der Waals surface area contributed by atoms with Gasteiger partial charge in [0.1, 0.15) is 0 Å². The molecular formula is C9H14N2O2. The number of piperidine rings is 1. The van der Waals surface area contributed by atoms with Crippen molar-refractivity contribution in [2.45, 2.75) is 19.3 Å². The molecule has 0 spiro atoms. The second-order valence-corrected chi connectivity index (χ2v) is 3.61. The number of nitrogens with one attached hydrogen (secondary N) is 2. The first-order valence-electron chi connectivity index (χ1n) is 4.73. The third-order valence-electron chi connectivity index (χ3n) is 2.48. The second-order valence-electron chi connectivity index (χ2n) is 3.61. The standard InChI is InChI=1S/C9H14N2O2/c12-9-5-8(11-13-9)4-7-2-1-3-10-6-7/h5,7,10-11H,1-4,6H2. The first-order chi connectivity index (χ1) is 6.34. The third kappa shape index (κ3) is 2.21. The molecule has 0 bridgehead atoms. The molecule has 0 aromatic carbocycles. The SMILES string of the molecule is O=c1cc(CC2CCCNC2)[nH]o1. The van der Waals surface area contributed by atoms with E-state index in [1.165, 1.54) is 18.9 Å². The topological polar surface area (TPSA) is 58.0 Å². The molecule has 1 aromatic rings. The predicted octanol–water partition coefficient (Wildman–Crippen LogP) is 0.510. The molecule has 1 fully saturated rings. The Kier molecular flexibility index (Phi) is 2.49. The predicted molar refractivity (Wildman–Crippen MR) is 48.6 cm³/mol. The van der Waals surface area contributed by atoms with E-state index in [-0.39, 0.29) is 5.63 Å².